The summed E-state index contributed by atoms with van der Waals surface area (Å²) in [6.45, 7) is 8.77. The van der Waals surface area contributed by atoms with E-state index in [1.807, 2.05) is 12.1 Å². The minimum atomic E-state index is -0.702. The SMILES string of the molecule is C=CCN1CCCC1COc1nc(N2CCNCC2)c2cc(Cl)c(-c3ccc(F)c4sc(N)c(C#N)c34)c(F)c2n1. The number of halogens is 3. The number of piperazine rings is 1. The Labute approximate surface area is 245 Å². The molecule has 4 aromatic rings. The topological polar surface area (TPSA) is 103 Å². The molecule has 12 heteroatoms. The van der Waals surface area contributed by atoms with Gasteiger partial charge >= 0.3 is 6.01 Å². The number of fused-ring (bicyclic) bond motifs is 2. The first-order valence-electron chi connectivity index (χ1n) is 13.4. The fraction of sp³-hybridized carbons (Fsp3) is 0.345. The number of nitriles is 1. The van der Waals surface area contributed by atoms with E-state index in [4.69, 9.17) is 27.1 Å². The van der Waals surface area contributed by atoms with E-state index < -0.39 is 11.6 Å². The minimum Gasteiger partial charge on any atom is -0.462 e. The average molecular weight is 596 g/mol. The van der Waals surface area contributed by atoms with Crippen LogP contribution in [-0.4, -0.2) is 66.8 Å². The van der Waals surface area contributed by atoms with Crippen molar-refractivity contribution in [2.24, 2.45) is 0 Å². The smallest absolute Gasteiger partial charge is 0.319 e. The second kappa shape index (κ2) is 11.4. The molecule has 0 spiro atoms. The van der Waals surface area contributed by atoms with Crippen LogP contribution in [0.25, 0.3) is 32.1 Å². The lowest BCUT2D eigenvalue weighted by molar-refractivity contribution is 0.176. The Hall–Kier alpha value is -3.56. The second-order valence-corrected chi connectivity index (χ2v) is 11.6. The average Bonchev–Trinajstić information content (AvgIpc) is 3.57. The molecule has 8 nitrogen and oxygen atoms in total. The standard InChI is InChI=1S/C29H28ClF2N7OS/c1-2-9-38-10-3-4-16(38)15-40-29-36-25-18(28(37-29)39-11-7-35-8-12-39)13-20(30)23(24(25)32)17-5-6-21(31)26-22(17)19(14-33)27(34)41-26/h2,5-6,13,16,35H,1,3-4,7-12,15,34H2. The predicted molar refractivity (Wildman–Crippen MR) is 160 cm³/mol. The highest BCUT2D eigenvalue weighted by molar-refractivity contribution is 7.23. The number of nitrogen functional groups attached to an aromatic ring is 1. The van der Waals surface area contributed by atoms with Gasteiger partial charge in [0.15, 0.2) is 5.82 Å². The van der Waals surface area contributed by atoms with Crippen LogP contribution < -0.4 is 20.7 Å². The van der Waals surface area contributed by atoms with Crippen molar-refractivity contribution in [3.63, 3.8) is 0 Å². The van der Waals surface area contributed by atoms with Crippen LogP contribution in [0.4, 0.5) is 19.6 Å². The molecule has 1 atom stereocenters. The van der Waals surface area contributed by atoms with Crippen LogP contribution in [0.3, 0.4) is 0 Å². The van der Waals surface area contributed by atoms with Gasteiger partial charge in [0.05, 0.1) is 15.3 Å². The number of nitrogens with two attached hydrogens (primary N) is 1. The third-order valence-corrected chi connectivity index (χ3v) is 9.05. The number of thiophene rings is 1. The van der Waals surface area contributed by atoms with Crippen LogP contribution in [0.1, 0.15) is 18.4 Å². The predicted octanol–water partition coefficient (Wildman–Crippen LogP) is 5.34. The Kier molecular flexibility index (Phi) is 7.66. The van der Waals surface area contributed by atoms with Crippen LogP contribution in [0.15, 0.2) is 30.9 Å². The van der Waals surface area contributed by atoms with E-state index in [2.05, 4.69) is 26.7 Å². The molecule has 41 heavy (non-hydrogen) atoms. The minimum absolute atomic E-state index is 0.0160. The number of nitrogens with zero attached hydrogens (tertiary/aromatic N) is 5. The molecule has 2 aliphatic heterocycles. The van der Waals surface area contributed by atoms with Crippen LogP contribution in [-0.2, 0) is 0 Å². The Balaban J connectivity index is 1.51. The number of benzene rings is 2. The molecule has 0 saturated carbocycles. The normalized spacial score (nSPS) is 17.8. The molecule has 0 amide bonds. The zero-order valence-corrected chi connectivity index (χ0v) is 23.8. The van der Waals surface area contributed by atoms with E-state index in [9.17, 15) is 9.65 Å². The van der Waals surface area contributed by atoms with Crippen molar-refractivity contribution in [3.05, 3.63) is 53.1 Å². The molecule has 4 heterocycles. The fourth-order valence-electron chi connectivity index (χ4n) is 5.76. The zero-order valence-electron chi connectivity index (χ0n) is 22.2. The number of anilines is 2. The van der Waals surface area contributed by atoms with Gasteiger partial charge in [-0.15, -0.1) is 17.9 Å². The highest BCUT2D eigenvalue weighted by Gasteiger charge is 2.28. The number of likely N-dealkylation sites (tertiary alicyclic amines) is 1. The summed E-state index contributed by atoms with van der Waals surface area (Å²) in [7, 11) is 0. The summed E-state index contributed by atoms with van der Waals surface area (Å²) in [5, 5.41) is 14.0. The molecule has 2 aromatic heterocycles. The number of nitrogens with one attached hydrogen (secondary N) is 1. The van der Waals surface area contributed by atoms with Crippen molar-refractivity contribution in [2.75, 3.05) is 56.5 Å². The fourth-order valence-corrected chi connectivity index (χ4v) is 7.00. The quantitative estimate of drug-likeness (QED) is 0.276. The largest absolute Gasteiger partial charge is 0.462 e. The number of rotatable bonds is 7. The summed E-state index contributed by atoms with van der Waals surface area (Å²) in [5.74, 6) is -0.711. The zero-order chi connectivity index (χ0) is 28.7. The van der Waals surface area contributed by atoms with Crippen LogP contribution in [0.5, 0.6) is 6.01 Å². The summed E-state index contributed by atoms with van der Waals surface area (Å²) >= 11 is 7.70. The maximum absolute atomic E-state index is 16.6. The van der Waals surface area contributed by atoms with Gasteiger partial charge in [-0.25, -0.2) is 8.78 Å². The summed E-state index contributed by atoms with van der Waals surface area (Å²) in [6.07, 6.45) is 3.91. The highest BCUT2D eigenvalue weighted by Crippen LogP contribution is 2.45. The molecule has 2 aromatic carbocycles. The Bertz CT molecular complexity index is 1700. The Morgan fingerprint density at radius 1 is 1.27 bits per heavy atom. The molecule has 2 saturated heterocycles. The van der Waals surface area contributed by atoms with Crippen molar-refractivity contribution in [1.29, 1.82) is 5.26 Å². The molecule has 3 N–H and O–H groups in total. The van der Waals surface area contributed by atoms with Gasteiger partial charge in [-0.2, -0.15) is 15.2 Å². The Morgan fingerprint density at radius 2 is 2.07 bits per heavy atom. The monoisotopic (exact) mass is 595 g/mol. The maximum Gasteiger partial charge on any atom is 0.319 e. The van der Waals surface area contributed by atoms with Crippen molar-refractivity contribution in [3.8, 4) is 23.2 Å². The number of aromatic nitrogens is 2. The third-order valence-electron chi connectivity index (χ3n) is 7.73. The summed E-state index contributed by atoms with van der Waals surface area (Å²) in [5.41, 5.74) is 6.44. The van der Waals surface area contributed by atoms with Gasteiger partial charge < -0.3 is 20.7 Å². The van der Waals surface area contributed by atoms with Crippen molar-refractivity contribution in [2.45, 2.75) is 18.9 Å². The van der Waals surface area contributed by atoms with Crippen molar-refractivity contribution < 1.29 is 13.5 Å². The molecule has 0 bridgehead atoms. The molecule has 2 fully saturated rings. The first-order valence-corrected chi connectivity index (χ1v) is 14.6. The van der Waals surface area contributed by atoms with E-state index in [-0.39, 0.29) is 54.4 Å². The molecule has 0 aliphatic carbocycles. The Morgan fingerprint density at radius 3 is 2.83 bits per heavy atom. The number of ether oxygens (including phenoxy) is 1. The lowest BCUT2D eigenvalue weighted by Gasteiger charge is -2.30. The van der Waals surface area contributed by atoms with Crippen LogP contribution in [0.2, 0.25) is 5.02 Å². The van der Waals surface area contributed by atoms with E-state index >= 15 is 4.39 Å². The van der Waals surface area contributed by atoms with Crippen LogP contribution >= 0.6 is 22.9 Å². The molecule has 6 rings (SSSR count). The third kappa shape index (κ3) is 4.95. The first kappa shape index (κ1) is 27.6. The van der Waals surface area contributed by atoms with E-state index in [0.717, 1.165) is 50.4 Å². The highest BCUT2D eigenvalue weighted by atomic mass is 35.5. The van der Waals surface area contributed by atoms with Crippen molar-refractivity contribution in [1.82, 2.24) is 20.2 Å². The number of hydrogen-bond donors (Lipinski definition) is 2. The van der Waals surface area contributed by atoms with Gasteiger partial charge in [-0.3, -0.25) is 4.90 Å². The summed E-state index contributed by atoms with van der Waals surface area (Å²) < 4.78 is 37.6. The van der Waals surface area contributed by atoms with E-state index in [1.54, 1.807) is 6.07 Å². The summed E-state index contributed by atoms with van der Waals surface area (Å²) in [6, 6.07) is 6.58. The lowest BCUT2D eigenvalue weighted by atomic mass is 9.97. The molecule has 0 radical (unpaired) electrons. The van der Waals surface area contributed by atoms with E-state index in [0.29, 0.717) is 30.9 Å². The second-order valence-electron chi connectivity index (χ2n) is 10.2. The first-order chi connectivity index (χ1) is 19.9. The van der Waals surface area contributed by atoms with Gasteiger partial charge in [0.2, 0.25) is 0 Å². The molecule has 2 aliphatic rings. The van der Waals surface area contributed by atoms with Gasteiger partial charge in [-0.1, -0.05) is 23.7 Å². The van der Waals surface area contributed by atoms with Gasteiger partial charge in [0.1, 0.15) is 34.8 Å². The number of hydrogen-bond acceptors (Lipinski definition) is 9. The van der Waals surface area contributed by atoms with Gasteiger partial charge in [0.25, 0.3) is 0 Å². The van der Waals surface area contributed by atoms with Crippen molar-refractivity contribution >= 4 is 54.7 Å². The van der Waals surface area contributed by atoms with E-state index in [1.165, 1.54) is 12.1 Å². The van der Waals surface area contributed by atoms with Gasteiger partial charge in [-0.05, 0) is 37.1 Å². The lowest BCUT2D eigenvalue weighted by Crippen LogP contribution is -2.44. The molecular weight excluding hydrogens is 568 g/mol. The maximum atomic E-state index is 16.6. The molecular formula is C29H28ClF2N7OS. The van der Waals surface area contributed by atoms with Crippen LogP contribution in [0, 0.1) is 23.0 Å². The molecule has 212 valence electrons. The van der Waals surface area contributed by atoms with Gasteiger partial charge in [0, 0.05) is 55.1 Å². The summed E-state index contributed by atoms with van der Waals surface area (Å²) in [4.78, 5) is 13.6. The molecule has 1 unspecified atom stereocenters.